The Morgan fingerprint density at radius 2 is 2.36 bits per heavy atom. The van der Waals surface area contributed by atoms with Crippen molar-refractivity contribution >= 4 is 6.29 Å². The quantitative estimate of drug-likeness (QED) is 0.618. The van der Waals surface area contributed by atoms with Crippen molar-refractivity contribution in [3.05, 3.63) is 17.8 Å². The van der Waals surface area contributed by atoms with Crippen LogP contribution in [0, 0.1) is 0 Å². The molecule has 0 radical (unpaired) electrons. The van der Waals surface area contributed by atoms with E-state index in [4.69, 9.17) is 0 Å². The van der Waals surface area contributed by atoms with Crippen molar-refractivity contribution in [2.45, 2.75) is 12.8 Å². The molecule has 0 atom stereocenters. The van der Waals surface area contributed by atoms with Crippen LogP contribution in [0.3, 0.4) is 0 Å². The van der Waals surface area contributed by atoms with Gasteiger partial charge in [0.15, 0.2) is 5.76 Å². The smallest absolute Gasteiger partial charge is 0.303 e. The summed E-state index contributed by atoms with van der Waals surface area (Å²) >= 11 is 0. The Morgan fingerprint density at radius 3 is 2.64 bits per heavy atom. The lowest BCUT2D eigenvalue weighted by Gasteiger charge is -2.02. The summed E-state index contributed by atoms with van der Waals surface area (Å²) in [6, 6.07) is 0. The SMILES string of the molecule is CC(F)(F)c1cnc(C=O)o1. The Morgan fingerprint density at radius 1 is 1.73 bits per heavy atom. The number of nitrogens with zero attached hydrogens (tertiary/aromatic N) is 1. The molecule has 3 nitrogen and oxygen atoms in total. The minimum atomic E-state index is -3.08. The summed E-state index contributed by atoms with van der Waals surface area (Å²) in [4.78, 5) is 13.2. The van der Waals surface area contributed by atoms with Gasteiger partial charge in [0.05, 0.1) is 6.20 Å². The van der Waals surface area contributed by atoms with Gasteiger partial charge in [-0.05, 0) is 0 Å². The molecule has 0 fully saturated rings. The molecule has 0 aliphatic heterocycles. The molecule has 0 bridgehead atoms. The van der Waals surface area contributed by atoms with E-state index >= 15 is 0 Å². The second-order valence-electron chi connectivity index (χ2n) is 2.07. The van der Waals surface area contributed by atoms with Crippen LogP contribution in [-0.2, 0) is 5.92 Å². The van der Waals surface area contributed by atoms with Crippen molar-refractivity contribution in [3.63, 3.8) is 0 Å². The Hall–Kier alpha value is -1.26. The molecule has 1 aromatic rings. The van der Waals surface area contributed by atoms with Gasteiger partial charge in [-0.3, -0.25) is 4.79 Å². The topological polar surface area (TPSA) is 43.1 Å². The summed E-state index contributed by atoms with van der Waals surface area (Å²) in [5.74, 6) is -4.00. The summed E-state index contributed by atoms with van der Waals surface area (Å²) in [6.07, 6.45) is 1.11. The molecule has 1 aromatic heterocycles. The zero-order chi connectivity index (χ0) is 8.48. The third-order valence-corrected chi connectivity index (χ3v) is 1.06. The van der Waals surface area contributed by atoms with E-state index in [1.54, 1.807) is 0 Å². The third-order valence-electron chi connectivity index (χ3n) is 1.06. The van der Waals surface area contributed by atoms with Gasteiger partial charge in [0.25, 0.3) is 5.89 Å². The molecule has 5 heteroatoms. The van der Waals surface area contributed by atoms with Crippen LogP contribution in [0.15, 0.2) is 10.6 Å². The second-order valence-corrected chi connectivity index (χ2v) is 2.07. The normalized spacial score (nSPS) is 11.5. The maximum atomic E-state index is 12.4. The van der Waals surface area contributed by atoms with E-state index in [0.717, 1.165) is 6.20 Å². The third kappa shape index (κ3) is 1.60. The Kier molecular flexibility index (Phi) is 1.72. The first kappa shape index (κ1) is 7.84. The van der Waals surface area contributed by atoms with E-state index in [1.807, 2.05) is 0 Å². The lowest BCUT2D eigenvalue weighted by molar-refractivity contribution is -0.00574. The number of carbonyl (C=O) groups is 1. The number of aromatic nitrogens is 1. The van der Waals surface area contributed by atoms with E-state index in [9.17, 15) is 13.6 Å². The summed E-state index contributed by atoms with van der Waals surface area (Å²) in [5.41, 5.74) is 0. The van der Waals surface area contributed by atoms with Crippen LogP contribution in [0.2, 0.25) is 0 Å². The first-order chi connectivity index (χ1) is 5.04. The number of carbonyl (C=O) groups excluding carboxylic acids is 1. The minimum Gasteiger partial charge on any atom is -0.433 e. The molecule has 1 heterocycles. The zero-order valence-corrected chi connectivity index (χ0v) is 5.67. The Bertz CT molecular complexity index is 264. The minimum absolute atomic E-state index is 0.273. The van der Waals surface area contributed by atoms with E-state index in [2.05, 4.69) is 9.40 Å². The van der Waals surface area contributed by atoms with E-state index in [0.29, 0.717) is 6.92 Å². The molecule has 1 rings (SSSR count). The average molecular weight is 161 g/mol. The number of alkyl halides is 2. The van der Waals surface area contributed by atoms with Gasteiger partial charge in [0.1, 0.15) is 0 Å². The summed E-state index contributed by atoms with van der Waals surface area (Å²) in [6.45, 7) is 0.669. The van der Waals surface area contributed by atoms with Gasteiger partial charge in [-0.2, -0.15) is 8.78 Å². The van der Waals surface area contributed by atoms with Crippen LogP contribution in [0.1, 0.15) is 23.4 Å². The molecule has 60 valence electrons. The van der Waals surface area contributed by atoms with Gasteiger partial charge < -0.3 is 4.42 Å². The van der Waals surface area contributed by atoms with Crippen molar-refractivity contribution in [1.29, 1.82) is 0 Å². The van der Waals surface area contributed by atoms with Crippen molar-refractivity contribution in [2.75, 3.05) is 0 Å². The molecule has 0 saturated carbocycles. The molecule has 0 unspecified atom stereocenters. The van der Waals surface area contributed by atoms with Crippen molar-refractivity contribution < 1.29 is 18.0 Å². The van der Waals surface area contributed by atoms with Crippen molar-refractivity contribution in [2.24, 2.45) is 0 Å². The molecule has 11 heavy (non-hydrogen) atoms. The zero-order valence-electron chi connectivity index (χ0n) is 5.67. The first-order valence-corrected chi connectivity index (χ1v) is 2.83. The fourth-order valence-electron chi connectivity index (χ4n) is 0.545. The largest absolute Gasteiger partial charge is 0.433 e. The number of rotatable bonds is 2. The van der Waals surface area contributed by atoms with Crippen LogP contribution >= 0.6 is 0 Å². The standard InChI is InChI=1S/C6H5F2NO2/c1-6(7,8)4-2-9-5(3-10)11-4/h2-3H,1H3. The summed E-state index contributed by atoms with van der Waals surface area (Å²) in [7, 11) is 0. The van der Waals surface area contributed by atoms with Crippen LogP contribution in [0.5, 0.6) is 0 Å². The van der Waals surface area contributed by atoms with Gasteiger partial charge in [0, 0.05) is 6.92 Å². The van der Waals surface area contributed by atoms with Crippen LogP contribution in [-0.4, -0.2) is 11.3 Å². The Balaban J connectivity index is 2.98. The molecular weight excluding hydrogens is 156 g/mol. The monoisotopic (exact) mass is 161 g/mol. The second kappa shape index (κ2) is 2.41. The van der Waals surface area contributed by atoms with Gasteiger partial charge in [-0.25, -0.2) is 4.98 Å². The van der Waals surface area contributed by atoms with Gasteiger partial charge in [-0.1, -0.05) is 0 Å². The van der Waals surface area contributed by atoms with Crippen molar-refractivity contribution in [1.82, 2.24) is 4.98 Å². The highest BCUT2D eigenvalue weighted by molar-refractivity contribution is 5.67. The fraction of sp³-hybridized carbons (Fsp3) is 0.333. The molecule has 0 saturated heterocycles. The molecule has 0 aliphatic rings. The molecule has 0 aromatic carbocycles. The Labute approximate surface area is 61.0 Å². The number of halogens is 2. The maximum Gasteiger partial charge on any atom is 0.303 e. The van der Waals surface area contributed by atoms with Gasteiger partial charge in [0.2, 0.25) is 6.29 Å². The van der Waals surface area contributed by atoms with Crippen LogP contribution in [0.4, 0.5) is 8.78 Å². The highest BCUT2D eigenvalue weighted by Gasteiger charge is 2.29. The van der Waals surface area contributed by atoms with Crippen LogP contribution < -0.4 is 0 Å². The van der Waals surface area contributed by atoms with Crippen molar-refractivity contribution in [3.8, 4) is 0 Å². The molecule has 0 amide bonds. The summed E-state index contributed by atoms with van der Waals surface area (Å²) < 4.78 is 29.1. The number of hydrogen-bond donors (Lipinski definition) is 0. The molecule has 0 spiro atoms. The van der Waals surface area contributed by atoms with E-state index < -0.39 is 11.7 Å². The fourth-order valence-corrected chi connectivity index (χ4v) is 0.545. The summed E-state index contributed by atoms with van der Waals surface area (Å²) in [5, 5.41) is 0. The molecule has 0 N–H and O–H groups in total. The lowest BCUT2D eigenvalue weighted by atomic mass is 10.3. The number of oxazole rings is 1. The van der Waals surface area contributed by atoms with Gasteiger partial charge >= 0.3 is 5.92 Å². The predicted molar refractivity (Wildman–Crippen MR) is 31.5 cm³/mol. The number of aldehydes is 1. The van der Waals surface area contributed by atoms with Crippen LogP contribution in [0.25, 0.3) is 0 Å². The van der Waals surface area contributed by atoms with E-state index in [-0.39, 0.29) is 12.2 Å². The lowest BCUT2D eigenvalue weighted by Crippen LogP contribution is -2.04. The van der Waals surface area contributed by atoms with E-state index in [1.165, 1.54) is 0 Å². The van der Waals surface area contributed by atoms with Gasteiger partial charge in [-0.15, -0.1) is 0 Å². The number of hydrogen-bond acceptors (Lipinski definition) is 3. The average Bonchev–Trinajstić information content (AvgIpc) is 2.32. The highest BCUT2D eigenvalue weighted by atomic mass is 19.3. The molecular formula is C6H5F2NO2. The predicted octanol–water partition coefficient (Wildman–Crippen LogP) is 1.60. The highest BCUT2D eigenvalue weighted by Crippen LogP contribution is 2.26. The maximum absolute atomic E-state index is 12.4. The first-order valence-electron chi connectivity index (χ1n) is 2.83. The molecule has 0 aliphatic carbocycles.